The Morgan fingerprint density at radius 2 is 1.85 bits per heavy atom. The first-order valence-electron chi connectivity index (χ1n) is 9.52. The Bertz CT molecular complexity index is 941. The summed E-state index contributed by atoms with van der Waals surface area (Å²) in [6.45, 7) is 12.2. The van der Waals surface area contributed by atoms with Gasteiger partial charge in [0.05, 0.1) is 22.9 Å². The lowest BCUT2D eigenvalue weighted by atomic mass is 9.87. The number of aliphatic imine (C=N–C) groups is 1. The van der Waals surface area contributed by atoms with Gasteiger partial charge in [0.15, 0.2) is 0 Å². The highest BCUT2D eigenvalue weighted by Gasteiger charge is 2.30. The van der Waals surface area contributed by atoms with E-state index in [2.05, 4.69) is 68.8 Å². The lowest BCUT2D eigenvalue weighted by Gasteiger charge is -2.43. The molecular weight excluding hydrogens is 330 g/mol. The fourth-order valence-electron chi connectivity index (χ4n) is 3.78. The van der Waals surface area contributed by atoms with Crippen molar-refractivity contribution in [2.24, 2.45) is 4.99 Å². The third kappa shape index (κ3) is 3.80. The number of hydrogen-bond donors (Lipinski definition) is 0. The third-order valence-corrected chi connectivity index (χ3v) is 5.16. The minimum atomic E-state index is 0.0254. The van der Waals surface area contributed by atoms with Gasteiger partial charge in [0, 0.05) is 24.0 Å². The van der Waals surface area contributed by atoms with E-state index in [0.717, 1.165) is 24.2 Å². The van der Waals surface area contributed by atoms with E-state index < -0.39 is 0 Å². The van der Waals surface area contributed by atoms with Gasteiger partial charge in [-0.25, -0.2) is 0 Å². The van der Waals surface area contributed by atoms with Gasteiger partial charge >= 0.3 is 0 Å². The molecule has 27 heavy (non-hydrogen) atoms. The summed E-state index contributed by atoms with van der Waals surface area (Å²) in [4.78, 5) is 7.11. The highest BCUT2D eigenvalue weighted by atomic mass is 15.2. The highest BCUT2D eigenvalue weighted by molar-refractivity contribution is 5.90. The van der Waals surface area contributed by atoms with Gasteiger partial charge in [0.2, 0.25) is 0 Å². The van der Waals surface area contributed by atoms with Crippen LogP contribution in [-0.2, 0) is 0 Å². The summed E-state index contributed by atoms with van der Waals surface area (Å²) in [5.74, 6) is 0. The summed E-state index contributed by atoms with van der Waals surface area (Å²) in [6.07, 6.45) is 5.41. The van der Waals surface area contributed by atoms with Gasteiger partial charge in [-0.15, -0.1) is 0 Å². The van der Waals surface area contributed by atoms with E-state index >= 15 is 0 Å². The quantitative estimate of drug-likeness (QED) is 0.627. The molecule has 0 atom stereocenters. The molecule has 2 aromatic rings. The molecular formula is C24H27N3. The van der Waals surface area contributed by atoms with Crippen LogP contribution in [0.25, 0.3) is 5.57 Å². The molecule has 0 fully saturated rings. The maximum absolute atomic E-state index is 8.91. The molecule has 3 nitrogen and oxygen atoms in total. The second-order valence-electron chi connectivity index (χ2n) is 7.78. The van der Waals surface area contributed by atoms with E-state index in [-0.39, 0.29) is 5.54 Å². The van der Waals surface area contributed by atoms with Crippen molar-refractivity contribution in [1.29, 1.82) is 5.26 Å². The topological polar surface area (TPSA) is 39.4 Å². The number of benzene rings is 2. The number of fused-ring (bicyclic) bond motifs is 1. The number of allylic oxidation sites excluding steroid dienone is 1. The van der Waals surface area contributed by atoms with Crippen molar-refractivity contribution in [3.8, 4) is 6.07 Å². The largest absolute Gasteiger partial charge is 0.362 e. The fourth-order valence-corrected chi connectivity index (χ4v) is 3.78. The summed E-state index contributed by atoms with van der Waals surface area (Å²) in [7, 11) is 0. The molecule has 0 radical (unpaired) electrons. The van der Waals surface area contributed by atoms with Crippen LogP contribution in [-0.4, -0.2) is 18.3 Å². The van der Waals surface area contributed by atoms with Crippen molar-refractivity contribution in [2.75, 3.05) is 11.4 Å². The van der Waals surface area contributed by atoms with Gasteiger partial charge in [0.1, 0.15) is 0 Å². The predicted octanol–water partition coefficient (Wildman–Crippen LogP) is 6.03. The molecule has 0 unspecified atom stereocenters. The monoisotopic (exact) mass is 357 g/mol. The zero-order valence-corrected chi connectivity index (χ0v) is 16.9. The molecule has 0 saturated carbocycles. The van der Waals surface area contributed by atoms with Crippen molar-refractivity contribution in [3.05, 3.63) is 64.7 Å². The first-order valence-corrected chi connectivity index (χ1v) is 9.52. The Morgan fingerprint density at radius 1 is 1.15 bits per heavy atom. The number of nitrogens with zero attached hydrogens (tertiary/aromatic N) is 3. The predicted molar refractivity (Wildman–Crippen MR) is 115 cm³/mol. The van der Waals surface area contributed by atoms with Gasteiger partial charge in [-0.3, -0.25) is 4.99 Å². The van der Waals surface area contributed by atoms with Crippen molar-refractivity contribution in [3.63, 3.8) is 0 Å². The molecule has 138 valence electrons. The molecule has 3 rings (SSSR count). The van der Waals surface area contributed by atoms with E-state index in [1.807, 2.05) is 18.3 Å². The van der Waals surface area contributed by atoms with Crippen LogP contribution in [0.5, 0.6) is 0 Å². The maximum atomic E-state index is 8.91. The van der Waals surface area contributed by atoms with Gasteiger partial charge < -0.3 is 4.90 Å². The minimum Gasteiger partial charge on any atom is -0.362 e. The summed E-state index contributed by atoms with van der Waals surface area (Å²) in [6, 6.07) is 14.0. The van der Waals surface area contributed by atoms with Gasteiger partial charge in [-0.2, -0.15) is 5.26 Å². The second kappa shape index (κ2) is 7.40. The lowest BCUT2D eigenvalue weighted by Crippen LogP contribution is -2.45. The summed E-state index contributed by atoms with van der Waals surface area (Å²) < 4.78 is 0. The van der Waals surface area contributed by atoms with Crippen molar-refractivity contribution in [1.82, 2.24) is 0 Å². The molecule has 0 amide bonds. The Morgan fingerprint density at radius 3 is 2.48 bits per heavy atom. The Hall–Kier alpha value is -2.86. The highest BCUT2D eigenvalue weighted by Crippen LogP contribution is 2.40. The van der Waals surface area contributed by atoms with Gasteiger partial charge in [0.25, 0.3) is 0 Å². The molecule has 0 aliphatic carbocycles. The molecule has 0 saturated heterocycles. The van der Waals surface area contributed by atoms with E-state index in [9.17, 15) is 0 Å². The SMILES string of the molecule is CCCN1c2cc(C)c(C=Nc3ccc(C#N)cc3)cc2C(C)=CC1(C)C. The van der Waals surface area contributed by atoms with Gasteiger partial charge in [-0.05, 0) is 87.2 Å². The Kier molecular flexibility index (Phi) is 5.19. The molecule has 0 spiro atoms. The van der Waals surface area contributed by atoms with Crippen molar-refractivity contribution >= 4 is 23.2 Å². The van der Waals surface area contributed by atoms with Crippen LogP contribution in [0, 0.1) is 18.3 Å². The summed E-state index contributed by atoms with van der Waals surface area (Å²) in [5.41, 5.74) is 7.79. The van der Waals surface area contributed by atoms with Crippen LogP contribution in [0.2, 0.25) is 0 Å². The average molecular weight is 358 g/mol. The van der Waals surface area contributed by atoms with Crippen LogP contribution in [0.4, 0.5) is 11.4 Å². The molecule has 3 heteroatoms. The van der Waals surface area contributed by atoms with E-state index in [1.54, 1.807) is 12.1 Å². The molecule has 0 bridgehead atoms. The van der Waals surface area contributed by atoms with Crippen LogP contribution < -0.4 is 4.90 Å². The van der Waals surface area contributed by atoms with E-state index in [1.165, 1.54) is 22.4 Å². The number of anilines is 1. The zero-order chi connectivity index (χ0) is 19.6. The third-order valence-electron chi connectivity index (χ3n) is 5.16. The van der Waals surface area contributed by atoms with Crippen molar-refractivity contribution in [2.45, 2.75) is 46.6 Å². The van der Waals surface area contributed by atoms with E-state index in [0.29, 0.717) is 5.56 Å². The average Bonchev–Trinajstić information content (AvgIpc) is 2.64. The molecule has 1 aliphatic rings. The normalized spacial score (nSPS) is 15.4. The number of aryl methyl sites for hydroxylation is 1. The minimum absolute atomic E-state index is 0.0254. The van der Waals surface area contributed by atoms with E-state index in [4.69, 9.17) is 5.26 Å². The number of hydrogen-bond acceptors (Lipinski definition) is 3. The Labute approximate surface area is 162 Å². The summed E-state index contributed by atoms with van der Waals surface area (Å²) >= 11 is 0. The lowest BCUT2D eigenvalue weighted by molar-refractivity contribution is 0.550. The molecule has 1 heterocycles. The Balaban J connectivity index is 1.99. The number of rotatable bonds is 4. The number of nitriles is 1. The van der Waals surface area contributed by atoms with Gasteiger partial charge in [-0.1, -0.05) is 13.0 Å². The summed E-state index contributed by atoms with van der Waals surface area (Å²) in [5, 5.41) is 8.91. The fraction of sp³-hybridized carbons (Fsp3) is 0.333. The van der Waals surface area contributed by atoms with Crippen LogP contribution >= 0.6 is 0 Å². The standard InChI is InChI=1S/C24H27N3/c1-6-11-27-23-12-17(2)20(13-22(23)18(3)14-24(27,4)5)16-26-21-9-7-19(15-25)8-10-21/h7-10,12-14,16H,6,11H2,1-5H3. The van der Waals surface area contributed by atoms with Crippen LogP contribution in [0.3, 0.4) is 0 Å². The molecule has 1 aliphatic heterocycles. The smallest absolute Gasteiger partial charge is 0.0991 e. The molecule has 2 aromatic carbocycles. The maximum Gasteiger partial charge on any atom is 0.0991 e. The zero-order valence-electron chi connectivity index (χ0n) is 16.9. The molecule has 0 aromatic heterocycles. The van der Waals surface area contributed by atoms with Crippen LogP contribution in [0.15, 0.2) is 47.5 Å². The first-order chi connectivity index (χ1) is 12.9. The molecule has 0 N–H and O–H groups in total. The first kappa shape index (κ1) is 18.9. The van der Waals surface area contributed by atoms with Crippen LogP contribution in [0.1, 0.15) is 56.4 Å². The second-order valence-corrected chi connectivity index (χ2v) is 7.78. The van der Waals surface area contributed by atoms with Crippen molar-refractivity contribution < 1.29 is 0 Å².